The fraction of sp³-hybridized carbons (Fsp3) is 0.241. The molecule has 1 heterocycles. The molecule has 0 bridgehead atoms. The van der Waals surface area contributed by atoms with Gasteiger partial charge in [-0.2, -0.15) is 13.2 Å². The zero-order valence-corrected chi connectivity index (χ0v) is 21.1. The number of halogens is 3. The maximum atomic E-state index is 13.5. The zero-order valence-electron chi connectivity index (χ0n) is 21.1. The van der Waals surface area contributed by atoms with Gasteiger partial charge in [0.25, 0.3) is 11.7 Å². The molecule has 0 aromatic heterocycles. The molecule has 1 atom stereocenters. The highest BCUT2D eigenvalue weighted by Gasteiger charge is 2.47. The number of phenols is 1. The number of carbonyl (C=O) groups is 2. The minimum atomic E-state index is -4.68. The molecule has 0 spiro atoms. The van der Waals surface area contributed by atoms with Crippen LogP contribution in [0.2, 0.25) is 0 Å². The quantitative estimate of drug-likeness (QED) is 0.226. The first-order valence-electron chi connectivity index (χ1n) is 11.8. The summed E-state index contributed by atoms with van der Waals surface area (Å²) < 4.78 is 45.9. The van der Waals surface area contributed by atoms with Crippen LogP contribution in [0.1, 0.15) is 53.6 Å². The Morgan fingerprint density at radius 1 is 1.03 bits per heavy atom. The molecule has 1 amide bonds. The number of rotatable bonds is 5. The van der Waals surface area contributed by atoms with Gasteiger partial charge in [-0.15, -0.1) is 0 Å². The molecule has 1 fully saturated rings. The Labute approximate surface area is 217 Å². The lowest BCUT2D eigenvalue weighted by molar-refractivity contribution is -0.137. The predicted octanol–water partition coefficient (Wildman–Crippen LogP) is 6.48. The summed E-state index contributed by atoms with van der Waals surface area (Å²) in [5.41, 5.74) is 0.506. The molecule has 0 aliphatic carbocycles. The number of methoxy groups -OCH3 is 1. The molecule has 3 aromatic rings. The number of aliphatic hydroxyl groups excluding tert-OH is 1. The van der Waals surface area contributed by atoms with Crippen LogP contribution in [0, 0.1) is 6.92 Å². The van der Waals surface area contributed by atoms with Gasteiger partial charge in [0, 0.05) is 11.3 Å². The number of aromatic hydroxyl groups is 1. The van der Waals surface area contributed by atoms with Crippen LogP contribution in [-0.2, 0) is 15.8 Å². The number of ketones is 1. The second kappa shape index (κ2) is 9.89. The SMILES string of the molecule is COc1cc(C)c(/C(O)=C2\C(=O)C(=O)N(c3cccc(C(F)(F)F)c3)C2c2ccc(O)cc2)cc1C(C)C. The van der Waals surface area contributed by atoms with Crippen molar-refractivity contribution in [1.82, 2.24) is 0 Å². The number of benzene rings is 3. The molecule has 2 N–H and O–H groups in total. The van der Waals surface area contributed by atoms with Crippen molar-refractivity contribution in [1.29, 1.82) is 0 Å². The molecule has 1 aliphatic heterocycles. The van der Waals surface area contributed by atoms with Crippen LogP contribution in [0.3, 0.4) is 0 Å². The summed E-state index contributed by atoms with van der Waals surface area (Å²) in [4.78, 5) is 27.6. The third-order valence-corrected chi connectivity index (χ3v) is 6.56. The third-order valence-electron chi connectivity index (χ3n) is 6.56. The van der Waals surface area contributed by atoms with E-state index in [1.165, 1.54) is 37.4 Å². The fourth-order valence-corrected chi connectivity index (χ4v) is 4.63. The Morgan fingerprint density at radius 3 is 2.26 bits per heavy atom. The van der Waals surface area contributed by atoms with Crippen LogP contribution in [0.15, 0.2) is 66.2 Å². The van der Waals surface area contributed by atoms with Crippen LogP contribution in [0.5, 0.6) is 11.5 Å². The Bertz CT molecular complexity index is 1440. The number of aryl methyl sites for hydroxylation is 1. The summed E-state index contributed by atoms with van der Waals surface area (Å²) in [5, 5.41) is 21.3. The largest absolute Gasteiger partial charge is 0.508 e. The van der Waals surface area contributed by atoms with Gasteiger partial charge in [0.2, 0.25) is 0 Å². The van der Waals surface area contributed by atoms with Crippen LogP contribution >= 0.6 is 0 Å². The Kier molecular flexibility index (Phi) is 6.97. The van der Waals surface area contributed by atoms with E-state index in [2.05, 4.69) is 0 Å². The lowest BCUT2D eigenvalue weighted by Crippen LogP contribution is -2.29. The number of hydrogen-bond donors (Lipinski definition) is 2. The lowest BCUT2D eigenvalue weighted by atomic mass is 9.91. The minimum absolute atomic E-state index is 0.00230. The number of Topliss-reactive ketones (excluding diaryl/α,β-unsaturated/α-hetero) is 1. The highest BCUT2D eigenvalue weighted by Crippen LogP contribution is 2.44. The van der Waals surface area contributed by atoms with E-state index in [1.807, 2.05) is 13.8 Å². The number of ether oxygens (including phenoxy) is 1. The average molecular weight is 526 g/mol. The normalized spacial score (nSPS) is 17.4. The fourth-order valence-electron chi connectivity index (χ4n) is 4.63. The highest BCUT2D eigenvalue weighted by atomic mass is 19.4. The van der Waals surface area contributed by atoms with Crippen LogP contribution < -0.4 is 9.64 Å². The molecular formula is C29H26F3NO5. The molecule has 4 rings (SSSR count). The third kappa shape index (κ3) is 4.71. The molecule has 0 saturated carbocycles. The zero-order chi connectivity index (χ0) is 27.9. The number of anilines is 1. The summed E-state index contributed by atoms with van der Waals surface area (Å²) in [6.07, 6.45) is -4.68. The standard InChI is InChI=1S/C29H26F3NO5/c1-15(2)21-14-22(16(3)12-23(21)38-4)26(35)24-25(17-8-10-20(34)11-9-17)33(28(37)27(24)36)19-7-5-6-18(13-19)29(30,31)32/h5-15,25,34-35H,1-4H3/b26-24+. The van der Waals surface area contributed by atoms with E-state index in [1.54, 1.807) is 19.1 Å². The average Bonchev–Trinajstić information content (AvgIpc) is 3.13. The number of hydrogen-bond acceptors (Lipinski definition) is 5. The Balaban J connectivity index is 1.99. The molecule has 1 aliphatic rings. The van der Waals surface area contributed by atoms with E-state index >= 15 is 0 Å². The first-order valence-corrected chi connectivity index (χ1v) is 11.8. The van der Waals surface area contributed by atoms with Gasteiger partial charge < -0.3 is 14.9 Å². The number of nitrogens with zero attached hydrogens (tertiary/aromatic N) is 1. The van der Waals surface area contributed by atoms with Crippen molar-refractivity contribution in [3.8, 4) is 11.5 Å². The summed E-state index contributed by atoms with van der Waals surface area (Å²) >= 11 is 0. The molecule has 0 radical (unpaired) electrons. The second-order valence-electron chi connectivity index (χ2n) is 9.37. The van der Waals surface area contributed by atoms with E-state index in [4.69, 9.17) is 4.74 Å². The van der Waals surface area contributed by atoms with Crippen LogP contribution in [0.25, 0.3) is 5.76 Å². The molecule has 198 valence electrons. The van der Waals surface area contributed by atoms with E-state index in [0.29, 0.717) is 22.4 Å². The maximum Gasteiger partial charge on any atom is 0.416 e. The summed E-state index contributed by atoms with van der Waals surface area (Å²) in [7, 11) is 1.52. The molecule has 3 aromatic carbocycles. The second-order valence-corrected chi connectivity index (χ2v) is 9.37. The summed E-state index contributed by atoms with van der Waals surface area (Å²) in [6, 6.07) is 11.8. The number of amides is 1. The first-order chi connectivity index (χ1) is 17.8. The first kappa shape index (κ1) is 26.8. The van der Waals surface area contributed by atoms with Crippen molar-refractivity contribution in [2.24, 2.45) is 0 Å². The highest BCUT2D eigenvalue weighted by molar-refractivity contribution is 6.51. The van der Waals surface area contributed by atoms with Gasteiger partial charge in [-0.1, -0.05) is 32.0 Å². The van der Waals surface area contributed by atoms with Crippen molar-refractivity contribution in [2.45, 2.75) is 38.9 Å². The van der Waals surface area contributed by atoms with Crippen molar-refractivity contribution in [3.63, 3.8) is 0 Å². The van der Waals surface area contributed by atoms with E-state index in [0.717, 1.165) is 28.7 Å². The van der Waals surface area contributed by atoms with Gasteiger partial charge in [0.05, 0.1) is 24.3 Å². The monoisotopic (exact) mass is 525 g/mol. The van der Waals surface area contributed by atoms with Crippen molar-refractivity contribution in [3.05, 3.63) is 94.1 Å². The topological polar surface area (TPSA) is 87.1 Å². The predicted molar refractivity (Wildman–Crippen MR) is 136 cm³/mol. The van der Waals surface area contributed by atoms with Crippen molar-refractivity contribution >= 4 is 23.1 Å². The molecule has 6 nitrogen and oxygen atoms in total. The molecular weight excluding hydrogens is 499 g/mol. The van der Waals surface area contributed by atoms with Gasteiger partial charge in [-0.25, -0.2) is 0 Å². The maximum absolute atomic E-state index is 13.5. The van der Waals surface area contributed by atoms with Crippen LogP contribution in [-0.4, -0.2) is 29.0 Å². The Morgan fingerprint density at radius 2 is 1.68 bits per heavy atom. The van der Waals surface area contributed by atoms with Gasteiger partial charge >= 0.3 is 6.18 Å². The number of carbonyl (C=O) groups excluding carboxylic acids is 2. The smallest absolute Gasteiger partial charge is 0.416 e. The number of alkyl halides is 3. The molecule has 1 saturated heterocycles. The van der Waals surface area contributed by atoms with Gasteiger partial charge in [-0.3, -0.25) is 14.5 Å². The Hall–Kier alpha value is -4.27. The van der Waals surface area contributed by atoms with E-state index in [9.17, 15) is 33.0 Å². The van der Waals surface area contributed by atoms with Crippen molar-refractivity contribution < 1.29 is 37.7 Å². The molecule has 9 heteroatoms. The van der Waals surface area contributed by atoms with Crippen LogP contribution in [0.4, 0.5) is 18.9 Å². The van der Waals surface area contributed by atoms with Crippen molar-refractivity contribution in [2.75, 3.05) is 12.0 Å². The van der Waals surface area contributed by atoms with Gasteiger partial charge in [0.1, 0.15) is 17.3 Å². The van der Waals surface area contributed by atoms with Gasteiger partial charge in [0.15, 0.2) is 0 Å². The van der Waals surface area contributed by atoms with Gasteiger partial charge in [-0.05, 0) is 72.0 Å². The van der Waals surface area contributed by atoms with E-state index in [-0.39, 0.29) is 22.9 Å². The molecule has 38 heavy (non-hydrogen) atoms. The number of aliphatic hydroxyl groups is 1. The lowest BCUT2D eigenvalue weighted by Gasteiger charge is -2.26. The summed E-state index contributed by atoms with van der Waals surface area (Å²) in [6.45, 7) is 5.57. The summed E-state index contributed by atoms with van der Waals surface area (Å²) in [5.74, 6) is -2.08. The number of phenolic OH excluding ortho intramolecular Hbond substituents is 1. The minimum Gasteiger partial charge on any atom is -0.508 e. The van der Waals surface area contributed by atoms with E-state index < -0.39 is 35.2 Å². The molecule has 1 unspecified atom stereocenters.